The molecule has 0 spiro atoms. The molecule has 0 fully saturated rings. The Morgan fingerprint density at radius 3 is 2.16 bits per heavy atom. The van der Waals surface area contributed by atoms with E-state index < -0.39 is 0 Å². The zero-order valence-corrected chi connectivity index (χ0v) is 10.6. The Morgan fingerprint density at radius 1 is 0.842 bits per heavy atom. The van der Waals surface area contributed by atoms with Crippen molar-refractivity contribution in [1.82, 2.24) is 0 Å². The van der Waals surface area contributed by atoms with E-state index in [-0.39, 0.29) is 0 Å². The van der Waals surface area contributed by atoms with Crippen LogP contribution >= 0.6 is 0 Å². The fourth-order valence-corrected chi connectivity index (χ4v) is 2.10. The molecule has 2 aromatic rings. The third-order valence-corrected chi connectivity index (χ3v) is 3.25. The van der Waals surface area contributed by atoms with Gasteiger partial charge in [0, 0.05) is 5.22 Å². The van der Waals surface area contributed by atoms with Crippen LogP contribution in [0, 0.1) is 10.4 Å². The van der Waals surface area contributed by atoms with Gasteiger partial charge >= 0.3 is 0 Å². The summed E-state index contributed by atoms with van der Waals surface area (Å²) in [6, 6.07) is 19.5. The highest BCUT2D eigenvalue weighted by Gasteiger charge is 2.03. The smallest absolute Gasteiger partial charge is 0.127 e. The summed E-state index contributed by atoms with van der Waals surface area (Å²) < 4.78 is 4.97. The second kappa shape index (κ2) is 4.65. The minimum absolute atomic E-state index is 0.323. The van der Waals surface area contributed by atoms with Gasteiger partial charge in [0.05, 0.1) is 7.11 Å². The molecule has 0 amide bonds. The first-order chi connectivity index (χ1) is 9.28. The minimum Gasteiger partial charge on any atom is -0.508 e. The summed E-state index contributed by atoms with van der Waals surface area (Å²) in [4.78, 5) is 0. The van der Waals surface area contributed by atoms with Crippen LogP contribution in [0.3, 0.4) is 0 Å². The first kappa shape index (κ1) is 11.6. The fraction of sp³-hybridized carbons (Fsp3) is 0.0588. The number of hydrogen-bond acceptors (Lipinski definition) is 2. The second-order valence-corrected chi connectivity index (χ2v) is 4.45. The molecule has 19 heavy (non-hydrogen) atoms. The van der Waals surface area contributed by atoms with Crippen LogP contribution < -0.4 is 4.74 Å². The van der Waals surface area contributed by atoms with E-state index in [1.165, 1.54) is 10.4 Å². The number of ether oxygens (including phenoxy) is 1. The third-order valence-electron chi connectivity index (χ3n) is 3.25. The van der Waals surface area contributed by atoms with Crippen molar-refractivity contribution < 1.29 is 9.84 Å². The highest BCUT2D eigenvalue weighted by molar-refractivity contribution is 5.83. The average Bonchev–Trinajstić information content (AvgIpc) is 2.42. The van der Waals surface area contributed by atoms with Gasteiger partial charge in [-0.3, -0.25) is 0 Å². The molecule has 0 aromatic heterocycles. The Hall–Kier alpha value is -2.48. The van der Waals surface area contributed by atoms with Crippen LogP contribution in [-0.4, -0.2) is 12.2 Å². The number of benzene rings is 3. The monoisotopic (exact) mass is 250 g/mol. The number of fused-ring (bicyclic) bond motifs is 1. The number of hydrogen-bond donors (Lipinski definition) is 1. The highest BCUT2D eigenvalue weighted by Crippen LogP contribution is 2.22. The van der Waals surface area contributed by atoms with Gasteiger partial charge in [-0.25, -0.2) is 0 Å². The van der Waals surface area contributed by atoms with E-state index in [9.17, 15) is 0 Å². The number of phenols is 1. The van der Waals surface area contributed by atoms with Crippen LogP contribution in [-0.2, 0) is 0 Å². The molecule has 0 aliphatic heterocycles. The van der Waals surface area contributed by atoms with Crippen LogP contribution in [0.5, 0.6) is 11.5 Å². The molecule has 4 rings (SSSR count). The second-order valence-electron chi connectivity index (χ2n) is 4.45. The summed E-state index contributed by atoms with van der Waals surface area (Å²) >= 11 is 0. The number of phenolic OH excluding ortho intramolecular Hbond substituents is 1. The summed E-state index contributed by atoms with van der Waals surface area (Å²) in [7, 11) is 1.70. The molecule has 0 atom stereocenters. The van der Waals surface area contributed by atoms with Crippen molar-refractivity contribution >= 4 is 10.8 Å². The largest absolute Gasteiger partial charge is 0.508 e. The molecule has 2 aliphatic carbocycles. The van der Waals surface area contributed by atoms with Gasteiger partial charge in [-0.1, -0.05) is 42.5 Å². The number of aromatic hydroxyl groups is 1. The molecule has 0 saturated carbocycles. The maximum Gasteiger partial charge on any atom is 0.127 e. The Kier molecular flexibility index (Phi) is 2.84. The van der Waals surface area contributed by atoms with E-state index in [1.807, 2.05) is 36.4 Å². The Bertz CT molecular complexity index is 822. The molecule has 0 unspecified atom stereocenters. The molecular formula is C17H14O2. The van der Waals surface area contributed by atoms with E-state index in [0.29, 0.717) is 5.75 Å². The van der Waals surface area contributed by atoms with Crippen molar-refractivity contribution in [2.24, 2.45) is 0 Å². The van der Waals surface area contributed by atoms with Crippen molar-refractivity contribution in [2.45, 2.75) is 0 Å². The standard InChI is InChI=1S/C10H8O.C7H6O/c11-10-6-5-8-3-1-2-4-9(8)7-10;1-8-7-4-5-2-3-6(5)7/h1-7,11H;2-4H,1H3. The van der Waals surface area contributed by atoms with E-state index in [2.05, 4.69) is 12.1 Å². The Morgan fingerprint density at radius 2 is 1.63 bits per heavy atom. The third kappa shape index (κ3) is 2.13. The molecule has 94 valence electrons. The van der Waals surface area contributed by atoms with Gasteiger partial charge in [0.1, 0.15) is 11.5 Å². The molecule has 0 radical (unpaired) electrons. The normalized spacial score (nSPS) is 10.6. The molecule has 0 heterocycles. The quantitative estimate of drug-likeness (QED) is 0.556. The molecule has 2 nitrogen and oxygen atoms in total. The van der Waals surface area contributed by atoms with E-state index in [4.69, 9.17) is 9.84 Å². The summed E-state index contributed by atoms with van der Waals surface area (Å²) in [6.45, 7) is 0. The zero-order chi connectivity index (χ0) is 13.2. The summed E-state index contributed by atoms with van der Waals surface area (Å²) in [5.41, 5.74) is 0. The molecule has 1 N–H and O–H groups in total. The van der Waals surface area contributed by atoms with Crippen LogP contribution in [0.2, 0.25) is 0 Å². The number of methoxy groups -OCH3 is 1. The summed E-state index contributed by atoms with van der Waals surface area (Å²) in [5, 5.41) is 14.0. The van der Waals surface area contributed by atoms with E-state index in [1.54, 1.807) is 19.2 Å². The van der Waals surface area contributed by atoms with Crippen molar-refractivity contribution in [3.05, 3.63) is 71.1 Å². The Balaban J connectivity index is 0.000000122. The fourth-order valence-electron chi connectivity index (χ4n) is 2.10. The molecule has 0 saturated heterocycles. The maximum atomic E-state index is 9.13. The predicted molar refractivity (Wildman–Crippen MR) is 76.3 cm³/mol. The van der Waals surface area contributed by atoms with E-state index >= 15 is 0 Å². The average molecular weight is 250 g/mol. The van der Waals surface area contributed by atoms with Gasteiger partial charge in [0.15, 0.2) is 0 Å². The number of rotatable bonds is 1. The van der Waals surface area contributed by atoms with Crippen LogP contribution in [0.15, 0.2) is 60.7 Å². The van der Waals surface area contributed by atoms with Crippen LogP contribution in [0.4, 0.5) is 0 Å². The van der Waals surface area contributed by atoms with Crippen LogP contribution in [0.25, 0.3) is 10.8 Å². The maximum absolute atomic E-state index is 9.13. The summed E-state index contributed by atoms with van der Waals surface area (Å²) in [6.07, 6.45) is 0. The lowest BCUT2D eigenvalue weighted by atomic mass is 10.1. The van der Waals surface area contributed by atoms with Gasteiger partial charge in [0.2, 0.25) is 0 Å². The van der Waals surface area contributed by atoms with Gasteiger partial charge in [-0.05, 0) is 34.2 Å². The molecule has 2 aliphatic rings. The molecular weight excluding hydrogens is 236 g/mol. The van der Waals surface area contributed by atoms with Crippen molar-refractivity contribution in [1.29, 1.82) is 0 Å². The lowest BCUT2D eigenvalue weighted by Crippen LogP contribution is -1.92. The Labute approximate surface area is 111 Å². The van der Waals surface area contributed by atoms with Gasteiger partial charge in [-0.2, -0.15) is 0 Å². The molecule has 0 bridgehead atoms. The lowest BCUT2D eigenvalue weighted by molar-refractivity contribution is 0.407. The van der Waals surface area contributed by atoms with Crippen molar-refractivity contribution in [2.75, 3.05) is 7.11 Å². The van der Waals surface area contributed by atoms with E-state index in [0.717, 1.165) is 16.5 Å². The van der Waals surface area contributed by atoms with Gasteiger partial charge in [0.25, 0.3) is 0 Å². The van der Waals surface area contributed by atoms with Crippen molar-refractivity contribution in [3.63, 3.8) is 0 Å². The lowest BCUT2D eigenvalue weighted by Gasteiger charge is -2.08. The first-order valence-electron chi connectivity index (χ1n) is 6.14. The zero-order valence-electron chi connectivity index (χ0n) is 10.6. The topological polar surface area (TPSA) is 29.5 Å². The van der Waals surface area contributed by atoms with Gasteiger partial charge < -0.3 is 9.84 Å². The minimum atomic E-state index is 0.323. The van der Waals surface area contributed by atoms with Gasteiger partial charge in [-0.15, -0.1) is 0 Å². The molecule has 2 aromatic carbocycles. The first-order valence-corrected chi connectivity index (χ1v) is 6.14. The highest BCUT2D eigenvalue weighted by atomic mass is 16.5. The summed E-state index contributed by atoms with van der Waals surface area (Å²) in [5.74, 6) is 1.35. The SMILES string of the molecule is COc1cc2ccc1=2.Oc1ccc2ccccc2c1. The van der Waals surface area contributed by atoms with Crippen molar-refractivity contribution in [3.8, 4) is 11.5 Å². The predicted octanol–water partition coefficient (Wildman–Crippen LogP) is 3.84. The van der Waals surface area contributed by atoms with Crippen LogP contribution in [0.1, 0.15) is 0 Å². The molecule has 2 heteroatoms.